The van der Waals surface area contributed by atoms with Gasteiger partial charge in [0.2, 0.25) is 0 Å². The molecule has 0 amide bonds. The fourth-order valence-corrected chi connectivity index (χ4v) is 2.07. The highest BCUT2D eigenvalue weighted by Gasteiger charge is 2.10. The maximum atomic E-state index is 13.3. The third kappa shape index (κ3) is 2.47. The van der Waals surface area contributed by atoms with Crippen molar-refractivity contribution >= 4 is 5.69 Å². The van der Waals surface area contributed by atoms with Crippen LogP contribution in [0.5, 0.6) is 0 Å². The number of nitrogen functional groups attached to an aromatic ring is 1. The zero-order valence-corrected chi connectivity index (χ0v) is 11.0. The number of nitrogens with zero attached hydrogens (tertiary/aromatic N) is 3. The summed E-state index contributed by atoms with van der Waals surface area (Å²) < 4.78 is 14.8. The van der Waals surface area contributed by atoms with E-state index >= 15 is 0 Å². The second-order valence-corrected chi connectivity index (χ2v) is 4.55. The summed E-state index contributed by atoms with van der Waals surface area (Å²) >= 11 is 0. The molecule has 0 aliphatic heterocycles. The van der Waals surface area contributed by atoms with Crippen molar-refractivity contribution in [2.24, 2.45) is 0 Å². The van der Waals surface area contributed by atoms with Crippen LogP contribution in [0.1, 0.15) is 5.56 Å². The number of aromatic nitrogens is 2. The van der Waals surface area contributed by atoms with Crippen LogP contribution in [0.15, 0.2) is 54.7 Å². The van der Waals surface area contributed by atoms with Gasteiger partial charge in [0.1, 0.15) is 11.5 Å². The molecule has 0 fully saturated rings. The van der Waals surface area contributed by atoms with Crippen molar-refractivity contribution in [3.63, 3.8) is 0 Å². The fraction of sp³-hybridized carbons (Fsp3) is 0. The van der Waals surface area contributed by atoms with Gasteiger partial charge in [-0.1, -0.05) is 18.2 Å². The van der Waals surface area contributed by atoms with Crippen LogP contribution in [-0.4, -0.2) is 9.78 Å². The molecule has 21 heavy (non-hydrogen) atoms. The van der Waals surface area contributed by atoms with Crippen LogP contribution in [0.2, 0.25) is 0 Å². The van der Waals surface area contributed by atoms with Crippen LogP contribution in [0.4, 0.5) is 10.1 Å². The van der Waals surface area contributed by atoms with Gasteiger partial charge in [0.25, 0.3) is 0 Å². The molecule has 0 saturated heterocycles. The first-order valence-electron chi connectivity index (χ1n) is 6.29. The Bertz CT molecular complexity index is 828. The molecule has 0 atom stereocenters. The molecule has 0 radical (unpaired) electrons. The Morgan fingerprint density at radius 2 is 1.90 bits per heavy atom. The van der Waals surface area contributed by atoms with Crippen LogP contribution in [0.25, 0.3) is 16.9 Å². The van der Waals surface area contributed by atoms with E-state index in [4.69, 9.17) is 11.0 Å². The van der Waals surface area contributed by atoms with E-state index in [0.29, 0.717) is 22.6 Å². The lowest BCUT2D eigenvalue weighted by atomic mass is 10.1. The second kappa shape index (κ2) is 5.10. The third-order valence-corrected chi connectivity index (χ3v) is 3.10. The Kier molecular flexibility index (Phi) is 3.13. The summed E-state index contributed by atoms with van der Waals surface area (Å²) in [5, 5.41) is 13.2. The van der Waals surface area contributed by atoms with Crippen molar-refractivity contribution in [1.29, 1.82) is 5.26 Å². The smallest absolute Gasteiger partial charge is 0.125 e. The van der Waals surface area contributed by atoms with Gasteiger partial charge >= 0.3 is 0 Å². The minimum absolute atomic E-state index is 0.332. The Morgan fingerprint density at radius 3 is 2.57 bits per heavy atom. The molecular weight excluding hydrogens is 267 g/mol. The number of nitriles is 1. The molecular formula is C16H11FN4. The van der Waals surface area contributed by atoms with Crippen molar-refractivity contribution < 1.29 is 4.39 Å². The maximum Gasteiger partial charge on any atom is 0.125 e. The number of rotatable bonds is 2. The first kappa shape index (κ1) is 12.9. The Balaban J connectivity index is 2.03. The van der Waals surface area contributed by atoms with Crippen molar-refractivity contribution in [2.45, 2.75) is 0 Å². The summed E-state index contributed by atoms with van der Waals surface area (Å²) in [6.45, 7) is 0. The van der Waals surface area contributed by atoms with Crippen molar-refractivity contribution in [2.75, 3.05) is 5.73 Å². The number of halogens is 1. The van der Waals surface area contributed by atoms with Gasteiger partial charge in [-0.3, -0.25) is 0 Å². The van der Waals surface area contributed by atoms with E-state index in [2.05, 4.69) is 11.2 Å². The van der Waals surface area contributed by atoms with Crippen LogP contribution in [0, 0.1) is 17.1 Å². The summed E-state index contributed by atoms with van der Waals surface area (Å²) in [6.07, 6.45) is 1.64. The maximum absolute atomic E-state index is 13.3. The van der Waals surface area contributed by atoms with Crippen LogP contribution >= 0.6 is 0 Å². The highest BCUT2D eigenvalue weighted by Crippen LogP contribution is 2.25. The zero-order valence-electron chi connectivity index (χ0n) is 11.0. The lowest BCUT2D eigenvalue weighted by molar-refractivity contribution is 0.625. The van der Waals surface area contributed by atoms with E-state index < -0.39 is 0 Å². The molecule has 0 spiro atoms. The summed E-state index contributed by atoms with van der Waals surface area (Å²) in [6, 6.07) is 15.2. The summed E-state index contributed by atoms with van der Waals surface area (Å²) in [4.78, 5) is 0. The normalized spacial score (nSPS) is 10.3. The average molecular weight is 278 g/mol. The van der Waals surface area contributed by atoms with Crippen molar-refractivity contribution in [3.8, 4) is 23.0 Å². The Hall–Kier alpha value is -3.13. The molecule has 0 unspecified atom stereocenters. The van der Waals surface area contributed by atoms with Gasteiger partial charge in [-0.2, -0.15) is 10.4 Å². The van der Waals surface area contributed by atoms with E-state index in [0.717, 1.165) is 5.56 Å². The summed E-state index contributed by atoms with van der Waals surface area (Å²) in [7, 11) is 0. The molecule has 0 aliphatic rings. The fourth-order valence-electron chi connectivity index (χ4n) is 2.07. The molecule has 5 heteroatoms. The van der Waals surface area contributed by atoms with E-state index in [1.807, 2.05) is 0 Å². The van der Waals surface area contributed by atoms with Gasteiger partial charge in [-0.25, -0.2) is 9.07 Å². The highest BCUT2D eigenvalue weighted by atomic mass is 19.1. The average Bonchev–Trinajstić information content (AvgIpc) is 2.89. The second-order valence-electron chi connectivity index (χ2n) is 4.55. The predicted octanol–water partition coefficient (Wildman–Crippen LogP) is 3.13. The number of benzene rings is 2. The number of nitrogens with two attached hydrogens (primary N) is 1. The minimum atomic E-state index is -0.332. The Labute approximate surface area is 120 Å². The van der Waals surface area contributed by atoms with Gasteiger partial charge < -0.3 is 5.73 Å². The quantitative estimate of drug-likeness (QED) is 0.783. The molecule has 3 aromatic rings. The van der Waals surface area contributed by atoms with Gasteiger partial charge in [0.15, 0.2) is 0 Å². The first-order valence-corrected chi connectivity index (χ1v) is 6.29. The monoisotopic (exact) mass is 278 g/mol. The highest BCUT2D eigenvalue weighted by molar-refractivity contribution is 5.72. The van der Waals surface area contributed by atoms with Gasteiger partial charge in [-0.15, -0.1) is 0 Å². The van der Waals surface area contributed by atoms with Crippen molar-refractivity contribution in [1.82, 2.24) is 9.78 Å². The standard InChI is InChI=1S/C16H11FN4/c17-13-2-1-3-14(8-13)21-10-15(19)16(20-21)12-6-4-11(9-18)5-7-12/h1-8,10H,19H2. The molecule has 0 bridgehead atoms. The molecule has 3 rings (SSSR count). The topological polar surface area (TPSA) is 67.6 Å². The van der Waals surface area contributed by atoms with E-state index in [1.54, 1.807) is 42.6 Å². The summed E-state index contributed by atoms with van der Waals surface area (Å²) in [5.74, 6) is -0.332. The molecule has 0 saturated carbocycles. The SMILES string of the molecule is N#Cc1ccc(-c2nn(-c3cccc(F)c3)cc2N)cc1. The molecule has 102 valence electrons. The molecule has 1 heterocycles. The number of hydrogen-bond acceptors (Lipinski definition) is 3. The zero-order chi connectivity index (χ0) is 14.8. The van der Waals surface area contributed by atoms with Crippen LogP contribution < -0.4 is 5.73 Å². The van der Waals surface area contributed by atoms with Crippen molar-refractivity contribution in [3.05, 3.63) is 66.1 Å². The Morgan fingerprint density at radius 1 is 1.14 bits per heavy atom. The van der Waals surface area contributed by atoms with Crippen LogP contribution in [0.3, 0.4) is 0 Å². The molecule has 0 aliphatic carbocycles. The lowest BCUT2D eigenvalue weighted by Crippen LogP contribution is -1.95. The number of hydrogen-bond donors (Lipinski definition) is 1. The van der Waals surface area contributed by atoms with E-state index in [1.165, 1.54) is 16.8 Å². The third-order valence-electron chi connectivity index (χ3n) is 3.10. The van der Waals surface area contributed by atoms with Crippen LogP contribution in [-0.2, 0) is 0 Å². The summed E-state index contributed by atoms with van der Waals surface area (Å²) in [5.41, 5.74) is 9.04. The largest absolute Gasteiger partial charge is 0.396 e. The molecule has 1 aromatic heterocycles. The molecule has 4 nitrogen and oxygen atoms in total. The van der Waals surface area contributed by atoms with E-state index in [9.17, 15) is 4.39 Å². The van der Waals surface area contributed by atoms with Gasteiger partial charge in [0, 0.05) is 5.56 Å². The first-order chi connectivity index (χ1) is 10.2. The van der Waals surface area contributed by atoms with E-state index in [-0.39, 0.29) is 5.82 Å². The van der Waals surface area contributed by atoms with Gasteiger partial charge in [0.05, 0.1) is 29.2 Å². The lowest BCUT2D eigenvalue weighted by Gasteiger charge is -2.01. The number of anilines is 1. The molecule has 2 N–H and O–H groups in total. The predicted molar refractivity (Wildman–Crippen MR) is 78.1 cm³/mol. The molecule has 2 aromatic carbocycles. The van der Waals surface area contributed by atoms with Gasteiger partial charge in [-0.05, 0) is 30.3 Å². The minimum Gasteiger partial charge on any atom is -0.396 e.